The number of carbonyl (C=O) groups is 1. The van der Waals surface area contributed by atoms with Gasteiger partial charge in [-0.05, 0) is 24.5 Å². The quantitative estimate of drug-likeness (QED) is 0.860. The van der Waals surface area contributed by atoms with E-state index < -0.39 is 5.97 Å². The van der Waals surface area contributed by atoms with Gasteiger partial charge in [0.15, 0.2) is 0 Å². The maximum absolute atomic E-state index is 10.9. The number of hydrogen-bond donors (Lipinski definition) is 1. The van der Waals surface area contributed by atoms with Gasteiger partial charge in [-0.2, -0.15) is 0 Å². The molecule has 0 aliphatic heterocycles. The molecule has 0 aliphatic carbocycles. The second kappa shape index (κ2) is 6.76. The molecular weight excluding hydrogens is 250 g/mol. The molecule has 1 aromatic carbocycles. The highest BCUT2D eigenvalue weighted by Crippen LogP contribution is 2.27. The third kappa shape index (κ3) is 4.31. The van der Waals surface area contributed by atoms with Crippen LogP contribution in [0.1, 0.15) is 32.4 Å². The van der Waals surface area contributed by atoms with E-state index in [1.54, 1.807) is 0 Å². The molecule has 1 rings (SSSR count). The first-order chi connectivity index (χ1) is 8.41. The Labute approximate surface area is 113 Å². The largest absolute Gasteiger partial charge is 0.480 e. The topological polar surface area (TPSA) is 40.5 Å². The van der Waals surface area contributed by atoms with E-state index in [1.165, 1.54) is 0 Å². The van der Waals surface area contributed by atoms with E-state index in [1.807, 2.05) is 36.1 Å². The van der Waals surface area contributed by atoms with Crippen molar-refractivity contribution in [2.45, 2.75) is 26.8 Å². The van der Waals surface area contributed by atoms with Gasteiger partial charge in [0, 0.05) is 17.6 Å². The van der Waals surface area contributed by atoms with Gasteiger partial charge in [-0.15, -0.1) is 0 Å². The average Bonchev–Trinajstić information content (AvgIpc) is 2.26. The molecule has 1 aromatic rings. The summed E-state index contributed by atoms with van der Waals surface area (Å²) >= 11 is 6.16. The monoisotopic (exact) mass is 269 g/mol. The molecule has 1 unspecified atom stereocenters. The van der Waals surface area contributed by atoms with Crippen molar-refractivity contribution in [2.24, 2.45) is 5.92 Å². The molecule has 0 saturated carbocycles. The van der Waals surface area contributed by atoms with Crippen molar-refractivity contribution in [1.82, 2.24) is 4.90 Å². The van der Waals surface area contributed by atoms with Crippen molar-refractivity contribution in [3.05, 3.63) is 34.9 Å². The van der Waals surface area contributed by atoms with E-state index in [4.69, 9.17) is 16.7 Å². The number of rotatable bonds is 6. The summed E-state index contributed by atoms with van der Waals surface area (Å²) in [6, 6.07) is 7.58. The molecule has 0 aromatic heterocycles. The van der Waals surface area contributed by atoms with Crippen LogP contribution in [-0.4, -0.2) is 29.1 Å². The Bertz CT molecular complexity index is 407. The highest BCUT2D eigenvalue weighted by atomic mass is 35.5. The molecule has 0 amide bonds. The zero-order valence-electron chi connectivity index (χ0n) is 11.1. The summed E-state index contributed by atoms with van der Waals surface area (Å²) in [4.78, 5) is 12.9. The van der Waals surface area contributed by atoms with Gasteiger partial charge in [-0.3, -0.25) is 9.69 Å². The fraction of sp³-hybridized carbons (Fsp3) is 0.500. The van der Waals surface area contributed by atoms with Crippen LogP contribution in [0.2, 0.25) is 5.02 Å². The summed E-state index contributed by atoms with van der Waals surface area (Å²) < 4.78 is 0. The third-order valence-electron chi connectivity index (χ3n) is 2.84. The first kappa shape index (κ1) is 15.0. The average molecular weight is 270 g/mol. The first-order valence-electron chi connectivity index (χ1n) is 6.12. The Balaban J connectivity index is 2.90. The maximum Gasteiger partial charge on any atom is 0.317 e. The molecule has 0 fully saturated rings. The maximum atomic E-state index is 10.9. The Morgan fingerprint density at radius 2 is 1.94 bits per heavy atom. The normalized spacial score (nSPS) is 13.0. The Morgan fingerprint density at radius 3 is 2.44 bits per heavy atom. The van der Waals surface area contributed by atoms with E-state index >= 15 is 0 Å². The fourth-order valence-corrected chi connectivity index (χ4v) is 2.31. The number of carboxylic acids is 1. The van der Waals surface area contributed by atoms with Crippen LogP contribution in [0.5, 0.6) is 0 Å². The smallest absolute Gasteiger partial charge is 0.317 e. The molecule has 3 nitrogen and oxygen atoms in total. The number of carboxylic acid groups (broad SMARTS) is 1. The lowest BCUT2D eigenvalue weighted by molar-refractivity contribution is -0.139. The molecule has 0 radical (unpaired) electrons. The van der Waals surface area contributed by atoms with E-state index in [0.717, 1.165) is 12.1 Å². The molecule has 18 heavy (non-hydrogen) atoms. The van der Waals surface area contributed by atoms with Crippen molar-refractivity contribution >= 4 is 17.6 Å². The van der Waals surface area contributed by atoms with Crippen LogP contribution in [0.3, 0.4) is 0 Å². The second-order valence-electron chi connectivity index (χ2n) is 4.91. The molecule has 1 atom stereocenters. The molecule has 0 spiro atoms. The highest BCUT2D eigenvalue weighted by molar-refractivity contribution is 6.31. The van der Waals surface area contributed by atoms with Crippen molar-refractivity contribution < 1.29 is 9.90 Å². The molecule has 0 bridgehead atoms. The van der Waals surface area contributed by atoms with Crippen LogP contribution >= 0.6 is 11.6 Å². The fourth-order valence-electron chi connectivity index (χ4n) is 2.01. The molecule has 0 aliphatic rings. The van der Waals surface area contributed by atoms with Crippen molar-refractivity contribution in [3.8, 4) is 0 Å². The molecule has 0 heterocycles. The van der Waals surface area contributed by atoms with Gasteiger partial charge >= 0.3 is 5.97 Å². The van der Waals surface area contributed by atoms with Gasteiger partial charge in [-0.1, -0.05) is 43.6 Å². The third-order valence-corrected chi connectivity index (χ3v) is 3.19. The van der Waals surface area contributed by atoms with Crippen LogP contribution in [0.4, 0.5) is 0 Å². The van der Waals surface area contributed by atoms with Crippen LogP contribution in [0.15, 0.2) is 24.3 Å². The van der Waals surface area contributed by atoms with Gasteiger partial charge < -0.3 is 5.11 Å². The predicted octanol–water partition coefficient (Wildman–Crippen LogP) is 3.44. The minimum Gasteiger partial charge on any atom is -0.480 e. The second-order valence-corrected chi connectivity index (χ2v) is 5.32. The summed E-state index contributed by atoms with van der Waals surface area (Å²) in [5, 5.41) is 9.67. The number of halogens is 1. The predicted molar refractivity (Wildman–Crippen MR) is 73.9 cm³/mol. The number of benzene rings is 1. The summed E-state index contributed by atoms with van der Waals surface area (Å²) in [5.41, 5.74) is 0.973. The van der Waals surface area contributed by atoms with Crippen molar-refractivity contribution in [3.63, 3.8) is 0 Å². The van der Waals surface area contributed by atoms with Crippen LogP contribution < -0.4 is 0 Å². The lowest BCUT2D eigenvalue weighted by Crippen LogP contribution is -2.35. The Hall–Kier alpha value is -1.06. The van der Waals surface area contributed by atoms with Crippen LogP contribution in [-0.2, 0) is 4.79 Å². The van der Waals surface area contributed by atoms with E-state index in [9.17, 15) is 4.79 Å². The van der Waals surface area contributed by atoms with Crippen LogP contribution in [0.25, 0.3) is 0 Å². The van der Waals surface area contributed by atoms with Gasteiger partial charge in [0.2, 0.25) is 0 Å². The zero-order valence-corrected chi connectivity index (χ0v) is 11.8. The Morgan fingerprint density at radius 1 is 1.33 bits per heavy atom. The summed E-state index contributed by atoms with van der Waals surface area (Å²) in [7, 11) is 0. The number of nitrogens with zero attached hydrogens (tertiary/aromatic N) is 1. The van der Waals surface area contributed by atoms with Crippen molar-refractivity contribution in [1.29, 1.82) is 0 Å². The zero-order chi connectivity index (χ0) is 13.7. The minimum atomic E-state index is -0.811. The van der Waals surface area contributed by atoms with E-state index in [-0.39, 0.29) is 12.6 Å². The molecule has 0 saturated heterocycles. The SMILES string of the molecule is CC(C)CN(CC(=O)O)C(C)c1ccccc1Cl. The molecule has 100 valence electrons. The van der Waals surface area contributed by atoms with Gasteiger partial charge in [0.05, 0.1) is 6.54 Å². The molecule has 1 N–H and O–H groups in total. The summed E-state index contributed by atoms with van der Waals surface area (Å²) in [6.07, 6.45) is 0. The minimum absolute atomic E-state index is 0.00259. The van der Waals surface area contributed by atoms with Crippen LogP contribution in [0, 0.1) is 5.92 Å². The lowest BCUT2D eigenvalue weighted by atomic mass is 10.1. The van der Waals surface area contributed by atoms with Crippen molar-refractivity contribution in [2.75, 3.05) is 13.1 Å². The summed E-state index contributed by atoms with van der Waals surface area (Å²) in [5.74, 6) is -0.399. The lowest BCUT2D eigenvalue weighted by Gasteiger charge is -2.29. The first-order valence-corrected chi connectivity index (χ1v) is 6.50. The van der Waals surface area contributed by atoms with Gasteiger partial charge in [0.1, 0.15) is 0 Å². The Kier molecular flexibility index (Phi) is 5.63. The van der Waals surface area contributed by atoms with E-state index in [2.05, 4.69) is 13.8 Å². The highest BCUT2D eigenvalue weighted by Gasteiger charge is 2.20. The number of hydrogen-bond acceptors (Lipinski definition) is 2. The number of aliphatic carboxylic acids is 1. The van der Waals surface area contributed by atoms with Gasteiger partial charge in [0.25, 0.3) is 0 Å². The standard InChI is InChI=1S/C14H20ClNO2/c1-10(2)8-16(9-14(17)18)11(3)12-6-4-5-7-13(12)15/h4-7,10-11H,8-9H2,1-3H3,(H,17,18). The van der Waals surface area contributed by atoms with E-state index in [0.29, 0.717) is 10.9 Å². The summed E-state index contributed by atoms with van der Waals surface area (Å²) in [6.45, 7) is 6.91. The van der Waals surface area contributed by atoms with Gasteiger partial charge in [-0.25, -0.2) is 0 Å². The molecule has 4 heteroatoms. The molecular formula is C14H20ClNO2.